The summed E-state index contributed by atoms with van der Waals surface area (Å²) in [6.07, 6.45) is 3.71. The van der Waals surface area contributed by atoms with E-state index in [-0.39, 0.29) is 17.7 Å². The van der Waals surface area contributed by atoms with E-state index in [0.717, 1.165) is 19.3 Å². The zero-order valence-electron chi connectivity index (χ0n) is 18.5. The molecular formula is C22H23ClN10O. The van der Waals surface area contributed by atoms with Gasteiger partial charge in [-0.3, -0.25) is 0 Å². The maximum atomic E-state index is 10.5. The van der Waals surface area contributed by atoms with Crippen LogP contribution in [-0.4, -0.2) is 63.0 Å². The zero-order chi connectivity index (χ0) is 23.8. The zero-order valence-corrected chi connectivity index (χ0v) is 19.2. The van der Waals surface area contributed by atoms with Gasteiger partial charge >= 0.3 is 0 Å². The number of rotatable bonds is 6. The molecule has 3 aromatic rings. The molecule has 4 N–H and O–H groups in total. The van der Waals surface area contributed by atoms with Crippen molar-refractivity contribution in [3.05, 3.63) is 34.6 Å². The van der Waals surface area contributed by atoms with Gasteiger partial charge in [-0.25, -0.2) is 4.98 Å². The Morgan fingerprint density at radius 3 is 2.71 bits per heavy atom. The standard InChI is InChI=1S/C22H23ClN10O/c1-26-15-4-5-32(11-18(15)34)17-7-12(8-24)6-16(19(17)23)29-22-30-20(28-13-2-3-13)21-27-10-14(9-25)33(21)31-22/h6-7,10,13,15,18,26,34H,2-5,11H2,1H3,(H2,28,29,30,31)/t15-,18-/m1/s1. The average molecular weight is 479 g/mol. The molecule has 1 saturated carbocycles. The maximum absolute atomic E-state index is 10.5. The number of nitrogens with one attached hydrogen (secondary N) is 3. The summed E-state index contributed by atoms with van der Waals surface area (Å²) in [6, 6.07) is 7.92. The lowest BCUT2D eigenvalue weighted by molar-refractivity contribution is 0.118. The molecule has 11 nitrogen and oxygen atoms in total. The second-order valence-electron chi connectivity index (χ2n) is 8.48. The van der Waals surface area contributed by atoms with E-state index in [1.165, 1.54) is 10.7 Å². The van der Waals surface area contributed by atoms with Crippen LogP contribution in [0.25, 0.3) is 5.65 Å². The van der Waals surface area contributed by atoms with Gasteiger partial charge in [0.05, 0.1) is 40.3 Å². The van der Waals surface area contributed by atoms with Crippen LogP contribution in [0.1, 0.15) is 30.5 Å². The van der Waals surface area contributed by atoms with Gasteiger partial charge in [-0.15, -0.1) is 5.10 Å². The van der Waals surface area contributed by atoms with Crippen LogP contribution in [0.3, 0.4) is 0 Å². The Hall–Kier alpha value is -3.64. The van der Waals surface area contributed by atoms with Gasteiger partial charge in [0, 0.05) is 25.2 Å². The number of likely N-dealkylation sites (N-methyl/N-ethyl adjacent to an activating group) is 1. The Morgan fingerprint density at radius 1 is 1.21 bits per heavy atom. The molecule has 5 rings (SSSR count). The Labute approximate surface area is 201 Å². The third-order valence-corrected chi connectivity index (χ3v) is 6.51. The van der Waals surface area contributed by atoms with Crippen LogP contribution in [0.15, 0.2) is 18.3 Å². The number of aliphatic hydroxyl groups is 1. The number of β-amino-alcohol motifs (C(OH)–C–C–N with tert-alkyl or cyclic N) is 1. The number of piperidine rings is 1. The number of imidazole rings is 1. The summed E-state index contributed by atoms with van der Waals surface area (Å²) >= 11 is 6.78. The van der Waals surface area contributed by atoms with Gasteiger partial charge in [0.25, 0.3) is 0 Å². The van der Waals surface area contributed by atoms with E-state index in [4.69, 9.17) is 11.6 Å². The second kappa shape index (κ2) is 8.95. The summed E-state index contributed by atoms with van der Waals surface area (Å²) in [4.78, 5) is 10.8. The van der Waals surface area contributed by atoms with Crippen molar-refractivity contribution >= 4 is 40.4 Å². The highest BCUT2D eigenvalue weighted by atomic mass is 35.5. The van der Waals surface area contributed by atoms with E-state index in [1.807, 2.05) is 11.9 Å². The first-order valence-corrected chi connectivity index (χ1v) is 11.4. The fourth-order valence-electron chi connectivity index (χ4n) is 4.13. The van der Waals surface area contributed by atoms with Crippen LogP contribution < -0.4 is 20.9 Å². The van der Waals surface area contributed by atoms with Crippen molar-refractivity contribution < 1.29 is 5.11 Å². The molecule has 2 aliphatic rings. The Balaban J connectivity index is 1.51. The van der Waals surface area contributed by atoms with Crippen LogP contribution in [0.5, 0.6) is 0 Å². The first-order chi connectivity index (χ1) is 16.5. The van der Waals surface area contributed by atoms with Gasteiger partial charge in [0.2, 0.25) is 5.95 Å². The van der Waals surface area contributed by atoms with Crippen molar-refractivity contribution in [3.8, 4) is 12.1 Å². The van der Waals surface area contributed by atoms with E-state index in [0.29, 0.717) is 52.6 Å². The van der Waals surface area contributed by atoms with Crippen LogP contribution in [0.2, 0.25) is 5.02 Å². The number of halogens is 1. The molecule has 0 amide bonds. The summed E-state index contributed by atoms with van der Waals surface area (Å²) in [7, 11) is 1.83. The number of nitriles is 2. The smallest absolute Gasteiger partial charge is 0.247 e. The maximum Gasteiger partial charge on any atom is 0.247 e. The van der Waals surface area contributed by atoms with Crippen LogP contribution in [-0.2, 0) is 0 Å². The van der Waals surface area contributed by atoms with E-state index in [1.54, 1.807) is 12.1 Å². The fourth-order valence-corrected chi connectivity index (χ4v) is 4.41. The summed E-state index contributed by atoms with van der Waals surface area (Å²) < 4.78 is 1.43. The predicted octanol–water partition coefficient (Wildman–Crippen LogP) is 2.00. The molecule has 0 bridgehead atoms. The van der Waals surface area contributed by atoms with Crippen molar-refractivity contribution in [1.82, 2.24) is 24.9 Å². The highest BCUT2D eigenvalue weighted by Gasteiger charge is 2.29. The van der Waals surface area contributed by atoms with Gasteiger partial charge < -0.3 is 26.0 Å². The SMILES string of the molecule is CN[C@@H]1CCN(c2cc(C#N)cc(Nc3nc(NC4CC4)c4ncc(C#N)n4n3)c2Cl)C[C@H]1O. The molecule has 3 heterocycles. The van der Waals surface area contributed by atoms with Gasteiger partial charge in [-0.05, 0) is 38.4 Å². The van der Waals surface area contributed by atoms with Crippen LogP contribution in [0.4, 0.5) is 23.1 Å². The van der Waals surface area contributed by atoms with Crippen molar-refractivity contribution in [3.63, 3.8) is 0 Å². The van der Waals surface area contributed by atoms with Crippen molar-refractivity contribution in [2.24, 2.45) is 0 Å². The summed E-state index contributed by atoms with van der Waals surface area (Å²) in [5, 5.41) is 43.9. The number of hydrogen-bond donors (Lipinski definition) is 4. The number of benzene rings is 1. The van der Waals surface area contributed by atoms with Crippen molar-refractivity contribution in [2.45, 2.75) is 37.5 Å². The van der Waals surface area contributed by atoms with Gasteiger partial charge in [-0.2, -0.15) is 20.0 Å². The number of hydrogen-bond acceptors (Lipinski definition) is 10. The minimum Gasteiger partial charge on any atom is -0.390 e. The molecule has 1 aliphatic carbocycles. The molecular weight excluding hydrogens is 456 g/mol. The van der Waals surface area contributed by atoms with Crippen molar-refractivity contribution in [1.29, 1.82) is 10.5 Å². The number of aromatic nitrogens is 4. The molecule has 1 aliphatic heterocycles. The summed E-state index contributed by atoms with van der Waals surface area (Å²) in [5.74, 6) is 0.730. The second-order valence-corrected chi connectivity index (χ2v) is 8.86. The first kappa shape index (κ1) is 22.2. The van der Waals surface area contributed by atoms with E-state index in [2.05, 4.69) is 43.2 Å². The topological polar surface area (TPSA) is 150 Å². The molecule has 0 spiro atoms. The van der Waals surface area contributed by atoms with Gasteiger partial charge in [0.15, 0.2) is 17.2 Å². The molecule has 12 heteroatoms. The van der Waals surface area contributed by atoms with Gasteiger partial charge in [0.1, 0.15) is 6.07 Å². The molecule has 0 radical (unpaired) electrons. The fraction of sp³-hybridized carbons (Fsp3) is 0.409. The van der Waals surface area contributed by atoms with E-state index >= 15 is 0 Å². The third-order valence-electron chi connectivity index (χ3n) is 6.12. The Morgan fingerprint density at radius 2 is 2.03 bits per heavy atom. The Kier molecular flexibility index (Phi) is 5.84. The van der Waals surface area contributed by atoms with Gasteiger partial charge in [-0.1, -0.05) is 11.6 Å². The highest BCUT2D eigenvalue weighted by molar-refractivity contribution is 6.36. The highest BCUT2D eigenvalue weighted by Crippen LogP contribution is 2.37. The molecule has 174 valence electrons. The number of aliphatic hydroxyl groups excluding tert-OH is 1. The molecule has 34 heavy (non-hydrogen) atoms. The largest absolute Gasteiger partial charge is 0.390 e. The van der Waals surface area contributed by atoms with Crippen LogP contribution >= 0.6 is 11.6 Å². The molecule has 2 atom stereocenters. The van der Waals surface area contributed by atoms with E-state index in [9.17, 15) is 15.6 Å². The lowest BCUT2D eigenvalue weighted by Crippen LogP contribution is -2.51. The normalized spacial score (nSPS) is 20.1. The lowest BCUT2D eigenvalue weighted by Gasteiger charge is -2.37. The molecule has 2 fully saturated rings. The van der Waals surface area contributed by atoms with Crippen molar-refractivity contribution in [2.75, 3.05) is 35.7 Å². The summed E-state index contributed by atoms with van der Waals surface area (Å²) in [6.45, 7) is 1.06. The first-order valence-electron chi connectivity index (χ1n) is 11.0. The molecule has 1 aromatic carbocycles. The minimum absolute atomic E-state index is 0.00814. The molecule has 1 saturated heterocycles. The number of anilines is 4. The predicted molar refractivity (Wildman–Crippen MR) is 127 cm³/mol. The minimum atomic E-state index is -0.565. The third kappa shape index (κ3) is 4.17. The summed E-state index contributed by atoms with van der Waals surface area (Å²) in [5.41, 5.74) is 2.25. The molecule has 0 unspecified atom stereocenters. The molecule has 2 aromatic heterocycles. The van der Waals surface area contributed by atoms with Crippen LogP contribution in [0, 0.1) is 22.7 Å². The lowest BCUT2D eigenvalue weighted by atomic mass is 10.0. The number of fused-ring (bicyclic) bond motifs is 1. The monoisotopic (exact) mass is 478 g/mol. The Bertz CT molecular complexity index is 1320. The number of nitrogens with zero attached hydrogens (tertiary/aromatic N) is 7. The van der Waals surface area contributed by atoms with E-state index < -0.39 is 6.10 Å². The quantitative estimate of drug-likeness (QED) is 0.414. The average Bonchev–Trinajstić information content (AvgIpc) is 3.56.